The van der Waals surface area contributed by atoms with Crippen molar-refractivity contribution >= 4 is 5.91 Å². The molecule has 4 nitrogen and oxygen atoms in total. The number of nitrogens with zero attached hydrogens (tertiary/aromatic N) is 1. The van der Waals surface area contributed by atoms with Crippen LogP contribution in [-0.4, -0.2) is 31.6 Å². The van der Waals surface area contributed by atoms with Gasteiger partial charge < -0.3 is 14.4 Å². The highest BCUT2D eigenvalue weighted by Crippen LogP contribution is 2.37. The fourth-order valence-electron chi connectivity index (χ4n) is 3.91. The number of fused-ring (bicyclic) bond motifs is 1. The van der Waals surface area contributed by atoms with Gasteiger partial charge in [0.15, 0.2) is 0 Å². The van der Waals surface area contributed by atoms with Crippen molar-refractivity contribution in [2.45, 2.75) is 12.5 Å². The third-order valence-corrected chi connectivity index (χ3v) is 5.31. The summed E-state index contributed by atoms with van der Waals surface area (Å²) in [6, 6.07) is 23.6. The Kier molecular flexibility index (Phi) is 5.02. The molecule has 0 saturated heterocycles. The minimum absolute atomic E-state index is 0.0206. The average Bonchev–Trinajstić information content (AvgIpc) is 2.78. The van der Waals surface area contributed by atoms with Crippen LogP contribution in [0.4, 0.5) is 0 Å². The number of amides is 1. The first-order chi connectivity index (χ1) is 13.7. The van der Waals surface area contributed by atoms with Gasteiger partial charge in [-0.1, -0.05) is 48.5 Å². The normalized spacial score (nSPS) is 15.6. The summed E-state index contributed by atoms with van der Waals surface area (Å²) in [5.41, 5.74) is 4.11. The number of hydrogen-bond acceptors (Lipinski definition) is 3. The summed E-state index contributed by atoms with van der Waals surface area (Å²) in [5.74, 6) is 1.38. The van der Waals surface area contributed by atoms with E-state index in [0.717, 1.165) is 17.7 Å². The molecule has 28 heavy (non-hydrogen) atoms. The van der Waals surface area contributed by atoms with Crippen LogP contribution < -0.4 is 9.47 Å². The topological polar surface area (TPSA) is 38.8 Å². The molecule has 0 saturated carbocycles. The van der Waals surface area contributed by atoms with Crippen molar-refractivity contribution in [2.24, 2.45) is 0 Å². The van der Waals surface area contributed by atoms with Crippen LogP contribution in [0, 0.1) is 0 Å². The lowest BCUT2D eigenvalue weighted by molar-refractivity contribution is 0.0691. The molecule has 0 bridgehead atoms. The Hall–Kier alpha value is -3.27. The highest BCUT2D eigenvalue weighted by Gasteiger charge is 2.33. The highest BCUT2D eigenvalue weighted by atomic mass is 16.5. The lowest BCUT2D eigenvalue weighted by atomic mass is 9.87. The van der Waals surface area contributed by atoms with E-state index < -0.39 is 0 Å². The molecule has 1 aliphatic rings. The SMILES string of the molecule is COc1ccc(C2c3ccccc3CCN2C(=O)c2ccccc2OC)cc1. The first kappa shape index (κ1) is 18.1. The summed E-state index contributed by atoms with van der Waals surface area (Å²) >= 11 is 0. The van der Waals surface area contributed by atoms with Crippen LogP contribution in [0.25, 0.3) is 0 Å². The van der Waals surface area contributed by atoms with Gasteiger partial charge in [-0.2, -0.15) is 0 Å². The van der Waals surface area contributed by atoms with Gasteiger partial charge in [0.25, 0.3) is 5.91 Å². The fourth-order valence-corrected chi connectivity index (χ4v) is 3.91. The number of ether oxygens (including phenoxy) is 2. The fraction of sp³-hybridized carbons (Fsp3) is 0.208. The van der Waals surface area contributed by atoms with Crippen molar-refractivity contribution in [1.82, 2.24) is 4.90 Å². The molecule has 0 N–H and O–H groups in total. The summed E-state index contributed by atoms with van der Waals surface area (Å²) in [6.45, 7) is 0.657. The van der Waals surface area contributed by atoms with Crippen LogP contribution in [0.1, 0.15) is 33.1 Å². The van der Waals surface area contributed by atoms with Crippen molar-refractivity contribution in [3.8, 4) is 11.5 Å². The molecule has 1 aliphatic heterocycles. The van der Waals surface area contributed by atoms with Gasteiger partial charge >= 0.3 is 0 Å². The van der Waals surface area contributed by atoms with Gasteiger partial charge in [-0.25, -0.2) is 0 Å². The van der Waals surface area contributed by atoms with Crippen molar-refractivity contribution in [2.75, 3.05) is 20.8 Å². The molecule has 3 aromatic carbocycles. The quantitative estimate of drug-likeness (QED) is 0.676. The monoisotopic (exact) mass is 373 g/mol. The van der Waals surface area contributed by atoms with E-state index in [-0.39, 0.29) is 11.9 Å². The maximum Gasteiger partial charge on any atom is 0.258 e. The number of para-hydroxylation sites is 1. The molecule has 0 spiro atoms. The molecule has 4 heteroatoms. The molecular formula is C24H23NO3. The third kappa shape index (κ3) is 3.22. The number of methoxy groups -OCH3 is 2. The van der Waals surface area contributed by atoms with E-state index in [1.165, 1.54) is 11.1 Å². The number of hydrogen-bond donors (Lipinski definition) is 0. The Labute approximate surface area is 165 Å². The number of rotatable bonds is 4. The predicted octanol–water partition coefficient (Wildman–Crippen LogP) is 4.49. The van der Waals surface area contributed by atoms with E-state index in [4.69, 9.17) is 9.47 Å². The average molecular weight is 373 g/mol. The van der Waals surface area contributed by atoms with E-state index >= 15 is 0 Å². The van der Waals surface area contributed by atoms with E-state index in [0.29, 0.717) is 17.9 Å². The third-order valence-electron chi connectivity index (χ3n) is 5.31. The van der Waals surface area contributed by atoms with E-state index in [9.17, 15) is 4.79 Å². The van der Waals surface area contributed by atoms with Crippen LogP contribution >= 0.6 is 0 Å². The molecule has 0 radical (unpaired) electrons. The molecule has 4 rings (SSSR count). The standard InChI is InChI=1S/C24H23NO3/c1-27-19-13-11-18(12-14-19)23-20-8-4-3-7-17(20)15-16-25(23)24(26)21-9-5-6-10-22(21)28-2/h3-14,23H,15-16H2,1-2H3. The molecule has 1 heterocycles. The van der Waals surface area contributed by atoms with E-state index in [1.807, 2.05) is 59.5 Å². The molecular weight excluding hydrogens is 350 g/mol. The minimum Gasteiger partial charge on any atom is -0.497 e. The first-order valence-corrected chi connectivity index (χ1v) is 9.38. The largest absolute Gasteiger partial charge is 0.497 e. The van der Waals surface area contributed by atoms with Gasteiger partial charge in [-0.15, -0.1) is 0 Å². The second kappa shape index (κ2) is 7.77. The Morgan fingerprint density at radius 2 is 1.61 bits per heavy atom. The predicted molar refractivity (Wildman–Crippen MR) is 109 cm³/mol. The number of benzene rings is 3. The smallest absolute Gasteiger partial charge is 0.258 e. The highest BCUT2D eigenvalue weighted by molar-refractivity contribution is 5.97. The molecule has 0 aliphatic carbocycles. The van der Waals surface area contributed by atoms with Gasteiger partial charge in [0.1, 0.15) is 11.5 Å². The summed E-state index contributed by atoms with van der Waals surface area (Å²) in [4.78, 5) is 15.5. The van der Waals surface area contributed by atoms with Gasteiger partial charge in [-0.3, -0.25) is 4.79 Å². The molecule has 142 valence electrons. The molecule has 1 amide bonds. The second-order valence-electron chi connectivity index (χ2n) is 6.82. The summed E-state index contributed by atoms with van der Waals surface area (Å²) in [7, 11) is 3.25. The first-order valence-electron chi connectivity index (χ1n) is 9.38. The summed E-state index contributed by atoms with van der Waals surface area (Å²) in [5, 5.41) is 0. The number of carbonyl (C=O) groups is 1. The van der Waals surface area contributed by atoms with Crippen LogP contribution in [0.5, 0.6) is 11.5 Å². The van der Waals surface area contributed by atoms with Crippen molar-refractivity contribution in [3.63, 3.8) is 0 Å². The Morgan fingerprint density at radius 1 is 0.893 bits per heavy atom. The molecule has 0 fully saturated rings. The van der Waals surface area contributed by atoms with Crippen molar-refractivity contribution < 1.29 is 14.3 Å². The zero-order valence-corrected chi connectivity index (χ0v) is 16.1. The van der Waals surface area contributed by atoms with Gasteiger partial charge in [0.05, 0.1) is 25.8 Å². The van der Waals surface area contributed by atoms with E-state index in [1.54, 1.807) is 14.2 Å². The van der Waals surface area contributed by atoms with Crippen LogP contribution in [0.3, 0.4) is 0 Å². The Morgan fingerprint density at radius 3 is 2.36 bits per heavy atom. The molecule has 1 atom stereocenters. The van der Waals surface area contributed by atoms with Crippen LogP contribution in [0.15, 0.2) is 72.8 Å². The van der Waals surface area contributed by atoms with Crippen molar-refractivity contribution in [1.29, 1.82) is 0 Å². The van der Waals surface area contributed by atoms with Crippen LogP contribution in [-0.2, 0) is 6.42 Å². The Balaban J connectivity index is 1.80. The Bertz CT molecular complexity index is 981. The lowest BCUT2D eigenvalue weighted by Crippen LogP contribution is -2.40. The molecule has 0 aromatic heterocycles. The maximum absolute atomic E-state index is 13.5. The number of carbonyl (C=O) groups excluding carboxylic acids is 1. The molecule has 1 unspecified atom stereocenters. The van der Waals surface area contributed by atoms with Gasteiger partial charge in [0.2, 0.25) is 0 Å². The maximum atomic E-state index is 13.5. The second-order valence-corrected chi connectivity index (χ2v) is 6.82. The minimum atomic E-state index is -0.145. The lowest BCUT2D eigenvalue weighted by Gasteiger charge is -2.38. The van der Waals surface area contributed by atoms with Crippen molar-refractivity contribution in [3.05, 3.63) is 95.1 Å². The summed E-state index contributed by atoms with van der Waals surface area (Å²) in [6.07, 6.45) is 0.837. The zero-order chi connectivity index (χ0) is 19.5. The van der Waals surface area contributed by atoms with Crippen LogP contribution in [0.2, 0.25) is 0 Å². The zero-order valence-electron chi connectivity index (χ0n) is 16.1. The van der Waals surface area contributed by atoms with E-state index in [2.05, 4.69) is 18.2 Å². The molecule has 3 aromatic rings. The van der Waals surface area contributed by atoms with Gasteiger partial charge in [0, 0.05) is 6.54 Å². The van der Waals surface area contributed by atoms with Gasteiger partial charge in [-0.05, 0) is 47.4 Å². The summed E-state index contributed by atoms with van der Waals surface area (Å²) < 4.78 is 10.7.